The molecule has 0 aliphatic heterocycles. The maximum Gasteiger partial charge on any atom is 0.319 e. The van der Waals surface area contributed by atoms with Crippen molar-refractivity contribution in [2.45, 2.75) is 12.1 Å². The Balaban J connectivity index is 1.99. The number of rotatable bonds is 6. The first-order valence-corrected chi connectivity index (χ1v) is 8.75. The number of nitrogens with one attached hydrogen (secondary N) is 1. The van der Waals surface area contributed by atoms with Crippen molar-refractivity contribution in [3.05, 3.63) is 108 Å². The molecule has 0 saturated heterocycles. The standard InChI is InChI=1S/C22H21N3O2/c23-22(27)25-21(26)20(18-14-8-3-9-15-18)24-19(16-10-4-1-5-11-16)17-12-6-2-7-13-17/h1-15,19-20,24H,(H3,23,25,26,27)/p+1/t20-/m1/s1. The van der Waals surface area contributed by atoms with Gasteiger partial charge in [-0.2, -0.15) is 0 Å². The molecule has 3 rings (SSSR count). The lowest BCUT2D eigenvalue weighted by molar-refractivity contribution is -0.713. The normalized spacial score (nSPS) is 11.7. The van der Waals surface area contributed by atoms with E-state index in [-0.39, 0.29) is 6.04 Å². The predicted molar refractivity (Wildman–Crippen MR) is 104 cm³/mol. The number of primary amides is 1. The lowest BCUT2D eigenvalue weighted by Gasteiger charge is -2.23. The maximum atomic E-state index is 12.7. The summed E-state index contributed by atoms with van der Waals surface area (Å²) in [4.78, 5) is 24.0. The Kier molecular flexibility index (Phi) is 5.97. The van der Waals surface area contributed by atoms with Crippen molar-refractivity contribution >= 4 is 11.9 Å². The second kappa shape index (κ2) is 8.78. The van der Waals surface area contributed by atoms with E-state index in [2.05, 4.69) is 5.32 Å². The summed E-state index contributed by atoms with van der Waals surface area (Å²) in [5.74, 6) is -0.439. The van der Waals surface area contributed by atoms with Gasteiger partial charge in [0.25, 0.3) is 5.91 Å². The van der Waals surface area contributed by atoms with Crippen LogP contribution in [0.4, 0.5) is 4.79 Å². The molecule has 0 saturated carbocycles. The minimum Gasteiger partial charge on any atom is -0.351 e. The quantitative estimate of drug-likeness (QED) is 0.630. The van der Waals surface area contributed by atoms with Gasteiger partial charge in [-0.1, -0.05) is 91.0 Å². The van der Waals surface area contributed by atoms with Crippen molar-refractivity contribution in [3.63, 3.8) is 0 Å². The van der Waals surface area contributed by atoms with Gasteiger partial charge in [0.1, 0.15) is 6.04 Å². The molecule has 0 unspecified atom stereocenters. The minimum absolute atomic E-state index is 0.115. The van der Waals surface area contributed by atoms with Gasteiger partial charge in [-0.3, -0.25) is 10.1 Å². The SMILES string of the molecule is NC(=O)NC(=O)[C@H]([NH2+]C(c1ccccc1)c1ccccc1)c1ccccc1. The maximum absolute atomic E-state index is 12.7. The molecule has 5 heteroatoms. The molecular formula is C22H22N3O2+. The first kappa shape index (κ1) is 18.4. The van der Waals surface area contributed by atoms with Crippen molar-refractivity contribution in [1.29, 1.82) is 0 Å². The highest BCUT2D eigenvalue weighted by atomic mass is 16.2. The molecule has 3 aromatic rings. The van der Waals surface area contributed by atoms with Gasteiger partial charge < -0.3 is 11.1 Å². The Morgan fingerprint density at radius 3 is 1.52 bits per heavy atom. The van der Waals surface area contributed by atoms with Gasteiger partial charge in [0.2, 0.25) is 0 Å². The average Bonchev–Trinajstić information content (AvgIpc) is 2.70. The summed E-state index contributed by atoms with van der Waals surface area (Å²) in [5, 5.41) is 4.17. The average molecular weight is 360 g/mol. The van der Waals surface area contributed by atoms with Crippen molar-refractivity contribution in [2.24, 2.45) is 5.73 Å². The number of carbonyl (C=O) groups excluding carboxylic acids is 2. The van der Waals surface area contributed by atoms with Gasteiger partial charge in [-0.25, -0.2) is 4.79 Å². The van der Waals surface area contributed by atoms with Crippen LogP contribution < -0.4 is 16.4 Å². The molecule has 3 amide bonds. The molecule has 136 valence electrons. The van der Waals surface area contributed by atoms with Crippen LogP contribution in [0.15, 0.2) is 91.0 Å². The fraction of sp³-hybridized carbons (Fsp3) is 0.0909. The van der Waals surface area contributed by atoms with Gasteiger partial charge in [0, 0.05) is 16.7 Å². The molecule has 3 aromatic carbocycles. The van der Waals surface area contributed by atoms with Crippen molar-refractivity contribution in [1.82, 2.24) is 5.32 Å². The number of amides is 3. The van der Waals surface area contributed by atoms with E-state index in [4.69, 9.17) is 5.73 Å². The summed E-state index contributed by atoms with van der Waals surface area (Å²) in [7, 11) is 0. The van der Waals surface area contributed by atoms with E-state index in [0.29, 0.717) is 0 Å². The summed E-state index contributed by atoms with van der Waals surface area (Å²) >= 11 is 0. The zero-order valence-corrected chi connectivity index (χ0v) is 14.8. The number of urea groups is 1. The van der Waals surface area contributed by atoms with E-state index in [0.717, 1.165) is 16.7 Å². The molecule has 5 nitrogen and oxygen atoms in total. The number of hydrogen-bond donors (Lipinski definition) is 3. The highest BCUT2D eigenvalue weighted by molar-refractivity contribution is 5.96. The third-order valence-corrected chi connectivity index (χ3v) is 4.39. The molecule has 0 heterocycles. The van der Waals surface area contributed by atoms with Crippen LogP contribution in [0.3, 0.4) is 0 Å². The van der Waals surface area contributed by atoms with E-state index in [1.807, 2.05) is 96.3 Å². The van der Waals surface area contributed by atoms with E-state index >= 15 is 0 Å². The molecule has 0 fully saturated rings. The number of carbonyl (C=O) groups is 2. The number of hydrogen-bond acceptors (Lipinski definition) is 2. The topological polar surface area (TPSA) is 88.8 Å². The molecule has 27 heavy (non-hydrogen) atoms. The Hall–Kier alpha value is -3.44. The number of benzene rings is 3. The highest BCUT2D eigenvalue weighted by Crippen LogP contribution is 2.20. The van der Waals surface area contributed by atoms with Gasteiger partial charge in [0.05, 0.1) is 0 Å². The van der Waals surface area contributed by atoms with E-state index in [9.17, 15) is 9.59 Å². The first-order chi connectivity index (χ1) is 13.1. The van der Waals surface area contributed by atoms with Crippen LogP contribution in [-0.4, -0.2) is 11.9 Å². The molecule has 0 bridgehead atoms. The predicted octanol–water partition coefficient (Wildman–Crippen LogP) is 2.28. The largest absolute Gasteiger partial charge is 0.351 e. The van der Waals surface area contributed by atoms with Gasteiger partial charge in [-0.05, 0) is 0 Å². The smallest absolute Gasteiger partial charge is 0.319 e. The Morgan fingerprint density at radius 2 is 1.11 bits per heavy atom. The number of imide groups is 1. The zero-order chi connectivity index (χ0) is 19.1. The van der Waals surface area contributed by atoms with Crippen molar-refractivity contribution in [3.8, 4) is 0 Å². The van der Waals surface area contributed by atoms with Crippen molar-refractivity contribution in [2.75, 3.05) is 0 Å². The summed E-state index contributed by atoms with van der Waals surface area (Å²) < 4.78 is 0. The zero-order valence-electron chi connectivity index (χ0n) is 14.8. The molecule has 0 aromatic heterocycles. The number of nitrogens with two attached hydrogens (primary N) is 2. The van der Waals surface area contributed by atoms with E-state index in [1.54, 1.807) is 0 Å². The van der Waals surface area contributed by atoms with E-state index in [1.165, 1.54) is 0 Å². The second-order valence-electron chi connectivity index (χ2n) is 6.23. The molecular weight excluding hydrogens is 338 g/mol. The van der Waals surface area contributed by atoms with Crippen LogP contribution in [0.25, 0.3) is 0 Å². The lowest BCUT2D eigenvalue weighted by Crippen LogP contribution is -2.88. The Morgan fingerprint density at radius 1 is 0.704 bits per heavy atom. The van der Waals surface area contributed by atoms with Crippen molar-refractivity contribution < 1.29 is 14.9 Å². The highest BCUT2D eigenvalue weighted by Gasteiger charge is 2.30. The number of quaternary nitrogens is 1. The van der Waals surface area contributed by atoms with Crippen LogP contribution in [0.5, 0.6) is 0 Å². The van der Waals surface area contributed by atoms with Gasteiger partial charge >= 0.3 is 6.03 Å². The summed E-state index contributed by atoms with van der Waals surface area (Å²) in [5.41, 5.74) is 8.11. The summed E-state index contributed by atoms with van der Waals surface area (Å²) in [6, 6.07) is 27.7. The molecule has 0 radical (unpaired) electrons. The lowest BCUT2D eigenvalue weighted by atomic mass is 9.96. The van der Waals surface area contributed by atoms with Crippen LogP contribution in [0.1, 0.15) is 28.8 Å². The van der Waals surface area contributed by atoms with Gasteiger partial charge in [0.15, 0.2) is 6.04 Å². The fourth-order valence-corrected chi connectivity index (χ4v) is 3.14. The Labute approximate surface area is 158 Å². The monoisotopic (exact) mass is 360 g/mol. The third-order valence-electron chi connectivity index (χ3n) is 4.39. The van der Waals surface area contributed by atoms with Crippen LogP contribution in [0.2, 0.25) is 0 Å². The van der Waals surface area contributed by atoms with E-state index < -0.39 is 18.0 Å². The fourth-order valence-electron chi connectivity index (χ4n) is 3.14. The molecule has 0 spiro atoms. The van der Waals surface area contributed by atoms with Crippen LogP contribution in [0, 0.1) is 0 Å². The molecule has 1 atom stereocenters. The molecule has 0 aliphatic carbocycles. The van der Waals surface area contributed by atoms with Crippen LogP contribution >= 0.6 is 0 Å². The molecule has 0 aliphatic rings. The minimum atomic E-state index is -0.856. The first-order valence-electron chi connectivity index (χ1n) is 8.75. The third kappa shape index (κ3) is 4.80. The van der Waals surface area contributed by atoms with Gasteiger partial charge in [-0.15, -0.1) is 0 Å². The molecule has 5 N–H and O–H groups in total. The second-order valence-corrected chi connectivity index (χ2v) is 6.23. The summed E-state index contributed by atoms with van der Waals surface area (Å²) in [6.07, 6.45) is 0. The summed E-state index contributed by atoms with van der Waals surface area (Å²) in [6.45, 7) is 0. The van der Waals surface area contributed by atoms with Crippen LogP contribution in [-0.2, 0) is 4.79 Å². The Bertz CT molecular complexity index is 844.